The highest BCUT2D eigenvalue weighted by Crippen LogP contribution is 2.22. The molecule has 0 aromatic heterocycles. The number of halogens is 1. The van der Waals surface area contributed by atoms with Crippen molar-refractivity contribution in [2.24, 2.45) is 0 Å². The molecule has 0 saturated carbocycles. The standard InChI is InChI=1S/C29H29ClN2O7/c30-22-12-10-21(11-13-22)27(35)32-24(28(36)31-15-5-4-8-19-6-2-1-3-7-19)17-20-9-14-25(39-18-26(33)34)23(16-20)29(37)38/h1-3,6-7,9-14,16,24H,4-5,8,15,17-18H2,(H,31,36)(H,32,35)(H,33,34)(H,37,38). The molecule has 0 aliphatic carbocycles. The van der Waals surface area contributed by atoms with Crippen LogP contribution < -0.4 is 15.4 Å². The van der Waals surface area contributed by atoms with E-state index in [1.165, 1.54) is 35.9 Å². The number of carboxylic acid groups (broad SMARTS) is 2. The van der Waals surface area contributed by atoms with Gasteiger partial charge in [-0.25, -0.2) is 9.59 Å². The van der Waals surface area contributed by atoms with Gasteiger partial charge in [-0.15, -0.1) is 0 Å². The minimum absolute atomic E-state index is 0.00529. The van der Waals surface area contributed by atoms with Crippen molar-refractivity contribution in [2.75, 3.05) is 13.2 Å². The zero-order valence-electron chi connectivity index (χ0n) is 21.1. The molecule has 0 heterocycles. The highest BCUT2D eigenvalue weighted by atomic mass is 35.5. The highest BCUT2D eigenvalue weighted by molar-refractivity contribution is 6.30. The van der Waals surface area contributed by atoms with Crippen LogP contribution in [0.2, 0.25) is 5.02 Å². The van der Waals surface area contributed by atoms with Gasteiger partial charge in [0, 0.05) is 23.6 Å². The number of aromatic carboxylic acids is 1. The van der Waals surface area contributed by atoms with Crippen molar-refractivity contribution in [3.05, 3.63) is 100 Å². The number of carboxylic acids is 2. The maximum absolute atomic E-state index is 13.1. The lowest BCUT2D eigenvalue weighted by atomic mass is 10.0. The van der Waals surface area contributed by atoms with Gasteiger partial charge >= 0.3 is 11.9 Å². The first-order valence-electron chi connectivity index (χ1n) is 12.3. The summed E-state index contributed by atoms with van der Waals surface area (Å²) in [7, 11) is 0. The number of hydrogen-bond acceptors (Lipinski definition) is 5. The third-order valence-corrected chi connectivity index (χ3v) is 6.08. The van der Waals surface area contributed by atoms with Crippen molar-refractivity contribution in [3.63, 3.8) is 0 Å². The van der Waals surface area contributed by atoms with Gasteiger partial charge in [0.25, 0.3) is 5.91 Å². The Morgan fingerprint density at radius 1 is 0.872 bits per heavy atom. The highest BCUT2D eigenvalue weighted by Gasteiger charge is 2.23. The predicted octanol–water partition coefficient (Wildman–Crippen LogP) is 3.98. The summed E-state index contributed by atoms with van der Waals surface area (Å²) < 4.78 is 5.07. The second-order valence-electron chi connectivity index (χ2n) is 8.79. The van der Waals surface area contributed by atoms with Gasteiger partial charge < -0.3 is 25.6 Å². The summed E-state index contributed by atoms with van der Waals surface area (Å²) >= 11 is 5.91. The second kappa shape index (κ2) is 14.5. The average molecular weight is 553 g/mol. The van der Waals surface area contributed by atoms with Crippen LogP contribution in [0.4, 0.5) is 0 Å². The minimum Gasteiger partial charge on any atom is -0.481 e. The Balaban J connectivity index is 1.70. The number of nitrogens with one attached hydrogen (secondary N) is 2. The molecule has 39 heavy (non-hydrogen) atoms. The lowest BCUT2D eigenvalue weighted by molar-refractivity contribution is -0.139. The van der Waals surface area contributed by atoms with E-state index in [1.54, 1.807) is 12.1 Å². The topological polar surface area (TPSA) is 142 Å². The Morgan fingerprint density at radius 2 is 1.59 bits per heavy atom. The first-order chi connectivity index (χ1) is 18.7. The van der Waals surface area contributed by atoms with Crippen molar-refractivity contribution >= 4 is 35.4 Å². The SMILES string of the molecule is O=C(O)COc1ccc(CC(NC(=O)c2ccc(Cl)cc2)C(=O)NCCCCc2ccccc2)cc1C(=O)O. The Morgan fingerprint density at radius 3 is 2.26 bits per heavy atom. The van der Waals surface area contributed by atoms with Gasteiger partial charge in [-0.2, -0.15) is 0 Å². The molecule has 3 aromatic carbocycles. The number of unbranched alkanes of at least 4 members (excludes halogenated alkanes) is 1. The maximum Gasteiger partial charge on any atom is 0.341 e. The lowest BCUT2D eigenvalue weighted by Gasteiger charge is -2.19. The zero-order valence-corrected chi connectivity index (χ0v) is 21.8. The predicted molar refractivity (Wildman–Crippen MR) is 145 cm³/mol. The number of carbonyl (C=O) groups excluding carboxylic acids is 2. The Bertz CT molecular complexity index is 1300. The molecule has 0 aliphatic rings. The smallest absolute Gasteiger partial charge is 0.341 e. The molecule has 10 heteroatoms. The molecule has 4 N–H and O–H groups in total. The van der Waals surface area contributed by atoms with Crippen LogP contribution in [0.15, 0.2) is 72.8 Å². The van der Waals surface area contributed by atoms with Gasteiger partial charge in [-0.3, -0.25) is 9.59 Å². The molecular weight excluding hydrogens is 524 g/mol. The van der Waals surface area contributed by atoms with Crippen molar-refractivity contribution in [3.8, 4) is 5.75 Å². The van der Waals surface area contributed by atoms with Gasteiger partial charge in [-0.1, -0.05) is 48.0 Å². The molecule has 3 rings (SSSR count). The molecule has 0 spiro atoms. The van der Waals surface area contributed by atoms with Crippen LogP contribution in [-0.4, -0.2) is 53.2 Å². The van der Waals surface area contributed by atoms with Gasteiger partial charge in [0.1, 0.15) is 17.4 Å². The lowest BCUT2D eigenvalue weighted by Crippen LogP contribution is -2.48. The van der Waals surface area contributed by atoms with E-state index < -0.39 is 36.4 Å². The molecule has 0 saturated heterocycles. The Labute approximate surface area is 230 Å². The summed E-state index contributed by atoms with van der Waals surface area (Å²) in [6.45, 7) is -0.298. The number of hydrogen-bond donors (Lipinski definition) is 4. The third kappa shape index (κ3) is 9.46. The van der Waals surface area contributed by atoms with Crippen molar-refractivity contribution in [1.29, 1.82) is 0 Å². The fourth-order valence-corrected chi connectivity index (χ4v) is 3.98. The molecular formula is C29H29ClN2O7. The van der Waals surface area contributed by atoms with Crippen LogP contribution in [0.1, 0.15) is 44.7 Å². The summed E-state index contributed by atoms with van der Waals surface area (Å²) in [5.41, 5.74) is 1.71. The molecule has 2 amide bonds. The summed E-state index contributed by atoms with van der Waals surface area (Å²) in [5.74, 6) is -3.59. The zero-order chi connectivity index (χ0) is 28.2. The summed E-state index contributed by atoms with van der Waals surface area (Å²) in [6, 6.07) is 19.4. The Hall–Kier alpha value is -4.37. The molecule has 1 atom stereocenters. The summed E-state index contributed by atoms with van der Waals surface area (Å²) in [6.07, 6.45) is 2.47. The van der Waals surface area contributed by atoms with Gasteiger partial charge in [0.05, 0.1) is 0 Å². The van der Waals surface area contributed by atoms with Gasteiger partial charge in [0.2, 0.25) is 5.91 Å². The minimum atomic E-state index is -1.32. The number of aliphatic carboxylic acids is 1. The van der Waals surface area contributed by atoms with Crippen molar-refractivity contribution in [1.82, 2.24) is 10.6 Å². The fraction of sp³-hybridized carbons (Fsp3) is 0.241. The maximum atomic E-state index is 13.1. The van der Waals surface area contributed by atoms with Crippen molar-refractivity contribution < 1.29 is 34.1 Å². The van der Waals surface area contributed by atoms with Gasteiger partial charge in [0.15, 0.2) is 6.61 Å². The fourth-order valence-electron chi connectivity index (χ4n) is 3.86. The number of amides is 2. The summed E-state index contributed by atoms with van der Waals surface area (Å²) in [5, 5.41) is 24.4. The first kappa shape index (κ1) is 29.2. The number of ether oxygens (including phenoxy) is 1. The van der Waals surface area contributed by atoms with E-state index in [-0.39, 0.29) is 17.7 Å². The number of rotatable bonds is 14. The molecule has 9 nitrogen and oxygen atoms in total. The molecule has 3 aromatic rings. The first-order valence-corrected chi connectivity index (χ1v) is 12.7. The van der Waals surface area contributed by atoms with Crippen molar-refractivity contribution in [2.45, 2.75) is 31.7 Å². The molecule has 1 unspecified atom stereocenters. The van der Waals surface area contributed by atoms with E-state index in [1.807, 2.05) is 30.3 Å². The second-order valence-corrected chi connectivity index (χ2v) is 9.23. The third-order valence-electron chi connectivity index (χ3n) is 5.83. The molecule has 0 aliphatic heterocycles. The van der Waals surface area contributed by atoms with E-state index in [0.717, 1.165) is 19.3 Å². The van der Waals surface area contributed by atoms with E-state index >= 15 is 0 Å². The van der Waals surface area contributed by atoms with Crippen LogP contribution in [-0.2, 0) is 22.4 Å². The van der Waals surface area contributed by atoms with E-state index in [9.17, 15) is 24.3 Å². The monoisotopic (exact) mass is 552 g/mol. The van der Waals surface area contributed by atoms with E-state index in [4.69, 9.17) is 21.4 Å². The molecule has 0 radical (unpaired) electrons. The number of aryl methyl sites for hydroxylation is 1. The van der Waals surface area contributed by atoms with Crippen LogP contribution >= 0.6 is 11.6 Å². The van der Waals surface area contributed by atoms with Gasteiger partial charge in [-0.05, 0) is 66.8 Å². The van der Waals surface area contributed by atoms with Crippen LogP contribution in [0, 0.1) is 0 Å². The molecule has 204 valence electrons. The van der Waals surface area contributed by atoms with E-state index in [0.29, 0.717) is 22.7 Å². The van der Waals surface area contributed by atoms with Crippen LogP contribution in [0.3, 0.4) is 0 Å². The van der Waals surface area contributed by atoms with Crippen LogP contribution in [0.25, 0.3) is 0 Å². The Kier molecular flexibility index (Phi) is 10.9. The number of carbonyl (C=O) groups is 4. The van der Waals surface area contributed by atoms with Crippen LogP contribution in [0.5, 0.6) is 5.75 Å². The normalized spacial score (nSPS) is 11.3. The molecule has 0 fully saturated rings. The summed E-state index contributed by atoms with van der Waals surface area (Å²) in [4.78, 5) is 48.5. The average Bonchev–Trinajstić information content (AvgIpc) is 2.92. The largest absolute Gasteiger partial charge is 0.481 e. The molecule has 0 bridgehead atoms. The number of benzene rings is 3. The quantitative estimate of drug-likeness (QED) is 0.222. The van der Waals surface area contributed by atoms with E-state index in [2.05, 4.69) is 10.6 Å².